The summed E-state index contributed by atoms with van der Waals surface area (Å²) in [6, 6.07) is 11.0. The van der Waals surface area contributed by atoms with Gasteiger partial charge in [-0.1, -0.05) is 23.8 Å². The molecule has 2 aromatic carbocycles. The first-order valence-electron chi connectivity index (χ1n) is 8.56. The van der Waals surface area contributed by atoms with Gasteiger partial charge >= 0.3 is 6.18 Å². The second kappa shape index (κ2) is 7.16. The zero-order valence-electron chi connectivity index (χ0n) is 15.4. The molecule has 0 unspecified atom stereocenters. The molecule has 140 valence electrons. The molecule has 27 heavy (non-hydrogen) atoms. The minimum Gasteiger partial charge on any atom is -0.392 e. The van der Waals surface area contributed by atoms with E-state index in [4.69, 9.17) is 0 Å². The molecule has 5 heteroatoms. The largest absolute Gasteiger partial charge is 0.416 e. The van der Waals surface area contributed by atoms with E-state index >= 15 is 0 Å². The van der Waals surface area contributed by atoms with Crippen LogP contribution in [0.4, 0.5) is 13.2 Å². The van der Waals surface area contributed by atoms with Gasteiger partial charge < -0.3 is 5.11 Å². The van der Waals surface area contributed by atoms with Crippen LogP contribution in [0.3, 0.4) is 0 Å². The average molecular weight is 371 g/mol. The Morgan fingerprint density at radius 2 is 1.56 bits per heavy atom. The first-order chi connectivity index (χ1) is 12.7. The van der Waals surface area contributed by atoms with Crippen LogP contribution in [0.25, 0.3) is 22.4 Å². The van der Waals surface area contributed by atoms with Gasteiger partial charge in [-0.2, -0.15) is 13.2 Å². The Morgan fingerprint density at radius 1 is 0.889 bits per heavy atom. The number of hydrogen-bond acceptors (Lipinski definition) is 2. The number of benzene rings is 2. The number of aryl methyl sites for hydroxylation is 3. The van der Waals surface area contributed by atoms with Gasteiger partial charge in [-0.3, -0.25) is 4.98 Å². The SMILES string of the molecule is Cc1cc(C)c(-c2ccc(C(F)(F)F)cc2-c2cc(CO)ccn2)c(C)c1. The van der Waals surface area contributed by atoms with Crippen molar-refractivity contribution < 1.29 is 18.3 Å². The highest BCUT2D eigenvalue weighted by Gasteiger charge is 2.31. The number of pyridine rings is 1. The highest BCUT2D eigenvalue weighted by atomic mass is 19.4. The fourth-order valence-electron chi connectivity index (χ4n) is 3.48. The summed E-state index contributed by atoms with van der Waals surface area (Å²) in [4.78, 5) is 4.27. The van der Waals surface area contributed by atoms with Crippen LogP contribution in [-0.4, -0.2) is 10.1 Å². The number of hydrogen-bond donors (Lipinski definition) is 1. The number of halogens is 3. The van der Waals surface area contributed by atoms with Crippen molar-refractivity contribution in [1.29, 1.82) is 0 Å². The third-order valence-electron chi connectivity index (χ3n) is 4.58. The highest BCUT2D eigenvalue weighted by Crippen LogP contribution is 2.40. The third kappa shape index (κ3) is 3.88. The lowest BCUT2D eigenvalue weighted by molar-refractivity contribution is -0.137. The predicted octanol–water partition coefficient (Wildman–Crippen LogP) is 5.85. The normalized spacial score (nSPS) is 11.7. The molecule has 0 radical (unpaired) electrons. The maximum atomic E-state index is 13.3. The Bertz CT molecular complexity index is 970. The number of rotatable bonds is 3. The number of aliphatic hydroxyl groups excluding tert-OH is 1. The summed E-state index contributed by atoms with van der Waals surface area (Å²) in [6.45, 7) is 5.69. The smallest absolute Gasteiger partial charge is 0.392 e. The van der Waals surface area contributed by atoms with E-state index in [1.54, 1.807) is 12.1 Å². The number of nitrogens with zero attached hydrogens (tertiary/aromatic N) is 1. The minimum absolute atomic E-state index is 0.202. The molecule has 0 bridgehead atoms. The van der Waals surface area contributed by atoms with E-state index in [2.05, 4.69) is 4.98 Å². The summed E-state index contributed by atoms with van der Waals surface area (Å²) in [6.07, 6.45) is -2.95. The first kappa shape index (κ1) is 19.1. The molecular formula is C22H20F3NO. The monoisotopic (exact) mass is 371 g/mol. The number of aliphatic hydroxyl groups is 1. The molecule has 3 rings (SSSR count). The van der Waals surface area contributed by atoms with Gasteiger partial charge in [0.15, 0.2) is 0 Å². The molecule has 0 fully saturated rings. The van der Waals surface area contributed by atoms with Crippen molar-refractivity contribution in [1.82, 2.24) is 4.98 Å². The van der Waals surface area contributed by atoms with Crippen LogP contribution in [-0.2, 0) is 12.8 Å². The van der Waals surface area contributed by atoms with Crippen molar-refractivity contribution in [2.75, 3.05) is 0 Å². The Labute approximate surface area is 156 Å². The van der Waals surface area contributed by atoms with Crippen molar-refractivity contribution in [2.24, 2.45) is 0 Å². The molecule has 0 aliphatic rings. The maximum absolute atomic E-state index is 13.3. The minimum atomic E-state index is -4.45. The zero-order valence-corrected chi connectivity index (χ0v) is 15.4. The standard InChI is InChI=1S/C22H20F3NO/c1-13-8-14(2)21(15(3)9-13)18-5-4-17(22(23,24)25)11-19(18)20-10-16(12-27)6-7-26-20/h4-11,27H,12H2,1-3H3. The second-order valence-corrected chi connectivity index (χ2v) is 6.74. The van der Waals surface area contributed by atoms with Crippen LogP contribution >= 0.6 is 0 Å². The van der Waals surface area contributed by atoms with Gasteiger partial charge in [0.1, 0.15) is 0 Å². The first-order valence-corrected chi connectivity index (χ1v) is 8.56. The third-order valence-corrected chi connectivity index (χ3v) is 4.58. The zero-order chi connectivity index (χ0) is 19.8. The molecule has 1 N–H and O–H groups in total. The van der Waals surface area contributed by atoms with Gasteiger partial charge in [-0.05, 0) is 72.9 Å². The van der Waals surface area contributed by atoms with Crippen LogP contribution in [0, 0.1) is 20.8 Å². The summed E-state index contributed by atoms with van der Waals surface area (Å²) in [5.74, 6) is 0. The summed E-state index contributed by atoms with van der Waals surface area (Å²) >= 11 is 0. The quantitative estimate of drug-likeness (QED) is 0.626. The van der Waals surface area contributed by atoms with Gasteiger partial charge in [0.2, 0.25) is 0 Å². The van der Waals surface area contributed by atoms with E-state index in [0.29, 0.717) is 22.4 Å². The molecule has 0 amide bonds. The molecule has 0 spiro atoms. The predicted molar refractivity (Wildman–Crippen MR) is 100 cm³/mol. The van der Waals surface area contributed by atoms with Crippen LogP contribution in [0.2, 0.25) is 0 Å². The molecule has 0 aliphatic heterocycles. The molecule has 1 heterocycles. The average Bonchev–Trinajstić information content (AvgIpc) is 2.60. The van der Waals surface area contributed by atoms with E-state index in [1.807, 2.05) is 32.9 Å². The van der Waals surface area contributed by atoms with E-state index < -0.39 is 11.7 Å². The maximum Gasteiger partial charge on any atom is 0.416 e. The number of aromatic nitrogens is 1. The lowest BCUT2D eigenvalue weighted by atomic mass is 9.88. The van der Waals surface area contributed by atoms with Crippen molar-refractivity contribution in [2.45, 2.75) is 33.6 Å². The van der Waals surface area contributed by atoms with Crippen LogP contribution < -0.4 is 0 Å². The fraction of sp³-hybridized carbons (Fsp3) is 0.227. The Hall–Kier alpha value is -2.66. The Balaban J connectivity index is 2.32. The van der Waals surface area contributed by atoms with Crippen LogP contribution in [0.5, 0.6) is 0 Å². The topological polar surface area (TPSA) is 33.1 Å². The molecule has 2 nitrogen and oxygen atoms in total. The second-order valence-electron chi connectivity index (χ2n) is 6.74. The van der Waals surface area contributed by atoms with E-state index in [0.717, 1.165) is 34.4 Å². The molecule has 0 saturated heterocycles. The van der Waals surface area contributed by atoms with Crippen molar-refractivity contribution in [3.8, 4) is 22.4 Å². The van der Waals surface area contributed by atoms with Crippen LogP contribution in [0.15, 0.2) is 48.7 Å². The summed E-state index contributed by atoms with van der Waals surface area (Å²) in [5, 5.41) is 9.39. The molecular weight excluding hydrogens is 351 g/mol. The lowest BCUT2D eigenvalue weighted by Crippen LogP contribution is -2.06. The lowest BCUT2D eigenvalue weighted by Gasteiger charge is -2.18. The molecule has 1 aromatic heterocycles. The van der Waals surface area contributed by atoms with E-state index in [9.17, 15) is 18.3 Å². The van der Waals surface area contributed by atoms with Gasteiger partial charge in [0, 0.05) is 11.8 Å². The molecule has 0 saturated carbocycles. The number of alkyl halides is 3. The highest BCUT2D eigenvalue weighted by molar-refractivity contribution is 5.85. The van der Waals surface area contributed by atoms with Crippen molar-refractivity contribution in [3.05, 3.63) is 76.5 Å². The Morgan fingerprint density at radius 3 is 2.15 bits per heavy atom. The van der Waals surface area contributed by atoms with Gasteiger partial charge in [0.05, 0.1) is 17.9 Å². The van der Waals surface area contributed by atoms with E-state index in [-0.39, 0.29) is 6.61 Å². The summed E-state index contributed by atoms with van der Waals surface area (Å²) in [5.41, 5.74) is 5.36. The summed E-state index contributed by atoms with van der Waals surface area (Å²) in [7, 11) is 0. The van der Waals surface area contributed by atoms with Crippen LogP contribution in [0.1, 0.15) is 27.8 Å². The van der Waals surface area contributed by atoms with E-state index in [1.165, 1.54) is 12.3 Å². The van der Waals surface area contributed by atoms with Crippen molar-refractivity contribution >= 4 is 0 Å². The molecule has 0 aliphatic carbocycles. The van der Waals surface area contributed by atoms with Gasteiger partial charge in [-0.15, -0.1) is 0 Å². The van der Waals surface area contributed by atoms with Crippen molar-refractivity contribution in [3.63, 3.8) is 0 Å². The molecule has 3 aromatic rings. The van der Waals surface area contributed by atoms with Gasteiger partial charge in [-0.25, -0.2) is 0 Å². The Kier molecular flexibility index (Phi) is 5.07. The fourth-order valence-corrected chi connectivity index (χ4v) is 3.48. The summed E-state index contributed by atoms with van der Waals surface area (Å²) < 4.78 is 39.9. The van der Waals surface area contributed by atoms with Gasteiger partial charge in [0.25, 0.3) is 0 Å². The molecule has 0 atom stereocenters.